The van der Waals surface area contributed by atoms with E-state index in [2.05, 4.69) is 0 Å². The summed E-state index contributed by atoms with van der Waals surface area (Å²) in [6, 6.07) is 8.08. The molecule has 1 aromatic heterocycles. The number of aliphatic hydroxyl groups excluding tert-OH is 1. The number of para-hydroxylation sites is 1. The van der Waals surface area contributed by atoms with Gasteiger partial charge in [-0.15, -0.1) is 0 Å². The van der Waals surface area contributed by atoms with Crippen LogP contribution in [0.15, 0.2) is 52.2 Å². The highest BCUT2D eigenvalue weighted by Gasteiger charge is 2.55. The number of benzene rings is 1. The number of aliphatic hydroxyl groups is 1. The van der Waals surface area contributed by atoms with Gasteiger partial charge in [0.05, 0.1) is 12.7 Å². The smallest absolute Gasteiger partial charge is 0.331 e. The molecular formula is C23H31FN3O9P. The molecule has 6 atom stereocenters. The van der Waals surface area contributed by atoms with E-state index in [9.17, 15) is 24.1 Å². The lowest BCUT2D eigenvalue weighted by Crippen LogP contribution is -2.45. The molecule has 1 fully saturated rings. The van der Waals surface area contributed by atoms with E-state index in [1.54, 1.807) is 51.1 Å². The fraction of sp³-hybridized carbons (Fsp3) is 0.522. The van der Waals surface area contributed by atoms with Crippen LogP contribution >= 0.6 is 8.18 Å². The van der Waals surface area contributed by atoms with Gasteiger partial charge in [0.2, 0.25) is 0 Å². The Kier molecular flexibility index (Phi) is 9.43. The highest BCUT2D eigenvalue weighted by molar-refractivity contribution is 7.36. The highest BCUT2D eigenvalue weighted by Crippen LogP contribution is 2.41. The normalized spacial score (nSPS) is 25.2. The zero-order valence-electron chi connectivity index (χ0n) is 20.8. The number of hydrogen-bond donors (Lipinski definition) is 2. The number of rotatable bonds is 11. The van der Waals surface area contributed by atoms with E-state index in [0.717, 1.165) is 28.6 Å². The molecule has 2 N–H and O–H groups in total. The zero-order chi connectivity index (χ0) is 27.3. The van der Waals surface area contributed by atoms with Crippen LogP contribution in [-0.2, 0) is 23.7 Å². The SMILES string of the molecule is CCC(C(=O)OC(C)C)N(OC[C@H]1O[C@@H](n2ccc(=O)[nH]c2=O)[C@](C)(F)[C@@H]1O)[PH](=O)Oc1ccccc1. The predicted octanol–water partition coefficient (Wildman–Crippen LogP) is 1.96. The first-order chi connectivity index (χ1) is 17.4. The minimum atomic E-state index is -3.25. The van der Waals surface area contributed by atoms with Crippen molar-refractivity contribution in [2.45, 2.75) is 70.4 Å². The third-order valence-electron chi connectivity index (χ3n) is 5.62. The summed E-state index contributed by atoms with van der Waals surface area (Å²) < 4.78 is 45.8. The van der Waals surface area contributed by atoms with E-state index in [1.807, 2.05) is 4.98 Å². The van der Waals surface area contributed by atoms with Crippen molar-refractivity contribution in [2.75, 3.05) is 6.61 Å². The van der Waals surface area contributed by atoms with Crippen LogP contribution in [0.2, 0.25) is 0 Å². The number of ether oxygens (including phenoxy) is 2. The molecule has 1 aliphatic heterocycles. The monoisotopic (exact) mass is 543 g/mol. The van der Waals surface area contributed by atoms with E-state index in [-0.39, 0.29) is 12.2 Å². The van der Waals surface area contributed by atoms with Gasteiger partial charge in [-0.25, -0.2) is 9.18 Å². The van der Waals surface area contributed by atoms with Crippen molar-refractivity contribution in [2.24, 2.45) is 0 Å². The Balaban J connectivity index is 1.83. The van der Waals surface area contributed by atoms with Gasteiger partial charge in [0.15, 0.2) is 11.9 Å². The molecule has 2 unspecified atom stereocenters. The number of aromatic amines is 1. The first-order valence-corrected chi connectivity index (χ1v) is 13.0. The Hall–Kier alpha value is -2.83. The number of nitrogens with zero attached hydrogens (tertiary/aromatic N) is 2. The van der Waals surface area contributed by atoms with Crippen LogP contribution in [0.4, 0.5) is 4.39 Å². The lowest BCUT2D eigenvalue weighted by molar-refractivity contribution is -0.185. The summed E-state index contributed by atoms with van der Waals surface area (Å²) in [5.74, 6) is -0.452. The molecule has 0 bridgehead atoms. The first kappa shape index (κ1) is 28.7. The zero-order valence-corrected chi connectivity index (χ0v) is 21.8. The van der Waals surface area contributed by atoms with Gasteiger partial charge in [0.1, 0.15) is 24.0 Å². The van der Waals surface area contributed by atoms with Gasteiger partial charge < -0.3 is 19.1 Å². The summed E-state index contributed by atoms with van der Waals surface area (Å²) in [5.41, 5.74) is -4.08. The summed E-state index contributed by atoms with van der Waals surface area (Å²) in [4.78, 5) is 44.8. The van der Waals surface area contributed by atoms with Gasteiger partial charge in [0.25, 0.3) is 5.56 Å². The minimum absolute atomic E-state index is 0.129. The summed E-state index contributed by atoms with van der Waals surface area (Å²) in [7, 11) is -3.25. The second kappa shape index (κ2) is 12.1. The molecule has 1 aliphatic rings. The Labute approximate surface area is 212 Å². The number of hydroxylamine groups is 1. The lowest BCUT2D eigenvalue weighted by Gasteiger charge is -2.29. The van der Waals surface area contributed by atoms with Gasteiger partial charge in [-0.2, -0.15) is 0 Å². The molecule has 1 saturated heterocycles. The van der Waals surface area contributed by atoms with Crippen LogP contribution in [0, 0.1) is 0 Å². The summed E-state index contributed by atoms with van der Waals surface area (Å²) in [5, 5.41) is 10.6. The quantitative estimate of drug-likeness (QED) is 0.245. The average molecular weight is 543 g/mol. The molecular weight excluding hydrogens is 512 g/mol. The molecule has 12 nitrogen and oxygen atoms in total. The predicted molar refractivity (Wildman–Crippen MR) is 130 cm³/mol. The van der Waals surface area contributed by atoms with E-state index < -0.39 is 68.3 Å². The van der Waals surface area contributed by atoms with Crippen LogP contribution in [0.5, 0.6) is 5.75 Å². The molecule has 1 aromatic carbocycles. The van der Waals surface area contributed by atoms with E-state index in [0.29, 0.717) is 0 Å². The molecule has 3 rings (SSSR count). The number of aromatic nitrogens is 2. The number of carbonyl (C=O) groups is 1. The number of H-pyrrole nitrogens is 1. The fourth-order valence-electron chi connectivity index (χ4n) is 3.76. The van der Waals surface area contributed by atoms with Crippen molar-refractivity contribution < 1.29 is 37.7 Å². The Morgan fingerprint density at radius 3 is 2.57 bits per heavy atom. The maximum atomic E-state index is 15.5. The Bertz CT molecular complexity index is 1200. The van der Waals surface area contributed by atoms with E-state index >= 15 is 4.39 Å². The molecule has 0 spiro atoms. The van der Waals surface area contributed by atoms with Crippen molar-refractivity contribution >= 4 is 14.1 Å². The Morgan fingerprint density at radius 1 is 1.30 bits per heavy atom. The maximum absolute atomic E-state index is 15.5. The van der Waals surface area contributed by atoms with Crippen molar-refractivity contribution in [3.8, 4) is 5.75 Å². The Morgan fingerprint density at radius 2 is 1.97 bits per heavy atom. The third-order valence-corrected chi connectivity index (χ3v) is 6.83. The van der Waals surface area contributed by atoms with Gasteiger partial charge >= 0.3 is 19.8 Å². The van der Waals surface area contributed by atoms with Crippen LogP contribution < -0.4 is 15.8 Å². The third kappa shape index (κ3) is 6.74. The van der Waals surface area contributed by atoms with E-state index in [4.69, 9.17) is 18.8 Å². The molecule has 0 aliphatic carbocycles. The van der Waals surface area contributed by atoms with Crippen molar-refractivity contribution in [3.05, 3.63) is 63.4 Å². The number of halogens is 1. The van der Waals surface area contributed by atoms with Crippen LogP contribution in [0.1, 0.15) is 40.3 Å². The van der Waals surface area contributed by atoms with Crippen LogP contribution in [0.25, 0.3) is 0 Å². The number of carbonyl (C=O) groups excluding carboxylic acids is 1. The molecule has 2 heterocycles. The fourth-order valence-corrected chi connectivity index (χ4v) is 4.91. The molecule has 0 radical (unpaired) electrons. The molecule has 204 valence electrons. The standard InChI is InChI=1S/C23H31FN3O9P/c1-5-16(20(30)34-14(2)3)27(37(32)36-15-9-7-6-8-10-15)33-13-17-19(29)23(4,24)21(35-17)26-12-11-18(28)25-22(26)31/h6-12,14,16-17,19,21,29,37H,5,13H2,1-4H3,(H,25,28,31)/t16?,17-,19-,21-,23-/m1/s1. The second-order valence-corrected chi connectivity index (χ2v) is 10.0. The largest absolute Gasteiger partial charge is 0.462 e. The van der Waals surface area contributed by atoms with Gasteiger partial charge in [0, 0.05) is 12.3 Å². The maximum Gasteiger partial charge on any atom is 0.331 e. The van der Waals surface area contributed by atoms with Crippen molar-refractivity contribution in [3.63, 3.8) is 0 Å². The van der Waals surface area contributed by atoms with Crippen LogP contribution in [-0.4, -0.2) is 62.1 Å². The summed E-state index contributed by atoms with van der Waals surface area (Å²) in [6.07, 6.45) is -3.99. The van der Waals surface area contributed by atoms with Crippen molar-refractivity contribution in [1.82, 2.24) is 14.4 Å². The van der Waals surface area contributed by atoms with Crippen molar-refractivity contribution in [1.29, 1.82) is 0 Å². The number of esters is 1. The second-order valence-electron chi connectivity index (χ2n) is 8.85. The highest BCUT2D eigenvalue weighted by atomic mass is 31.1. The minimum Gasteiger partial charge on any atom is -0.462 e. The average Bonchev–Trinajstić information content (AvgIpc) is 3.05. The number of hydrogen-bond acceptors (Lipinski definition) is 9. The van der Waals surface area contributed by atoms with E-state index in [1.165, 1.54) is 0 Å². The van der Waals surface area contributed by atoms with Gasteiger partial charge in [-0.3, -0.25) is 28.5 Å². The first-order valence-electron chi connectivity index (χ1n) is 11.7. The molecule has 0 amide bonds. The molecule has 2 aromatic rings. The molecule has 0 saturated carbocycles. The number of alkyl halides is 1. The topological polar surface area (TPSA) is 149 Å². The van der Waals surface area contributed by atoms with Gasteiger partial charge in [-0.05, 0) is 39.3 Å². The molecule has 37 heavy (non-hydrogen) atoms. The van der Waals surface area contributed by atoms with Gasteiger partial charge in [-0.1, -0.05) is 30.0 Å². The number of nitrogens with one attached hydrogen (secondary N) is 1. The molecule has 14 heteroatoms. The lowest BCUT2D eigenvalue weighted by atomic mass is 9.98. The summed E-state index contributed by atoms with van der Waals surface area (Å²) in [6.45, 7) is 5.45. The van der Waals surface area contributed by atoms with Crippen LogP contribution in [0.3, 0.4) is 0 Å². The summed E-state index contributed by atoms with van der Waals surface area (Å²) >= 11 is 0.